The van der Waals surface area contributed by atoms with Gasteiger partial charge in [-0.3, -0.25) is 4.79 Å². The van der Waals surface area contributed by atoms with Crippen LogP contribution in [0.3, 0.4) is 0 Å². The molecule has 4 nitrogen and oxygen atoms in total. The second kappa shape index (κ2) is 7.03. The number of benzene rings is 1. The lowest BCUT2D eigenvalue weighted by Crippen LogP contribution is -2.39. The molecular formula is C18H20ClNO3S. The molecule has 2 aromatic rings. The van der Waals surface area contributed by atoms with E-state index in [1.165, 1.54) is 16.5 Å². The van der Waals surface area contributed by atoms with Crippen LogP contribution in [0.15, 0.2) is 23.6 Å². The summed E-state index contributed by atoms with van der Waals surface area (Å²) in [6, 6.07) is 5.28. The van der Waals surface area contributed by atoms with E-state index in [9.17, 15) is 9.90 Å². The number of phenols is 1. The number of aromatic hydroxyl groups is 1. The number of thiophene rings is 1. The molecule has 0 spiro atoms. The van der Waals surface area contributed by atoms with Gasteiger partial charge < -0.3 is 14.7 Å². The van der Waals surface area contributed by atoms with Crippen molar-refractivity contribution in [2.75, 3.05) is 13.2 Å². The van der Waals surface area contributed by atoms with Crippen LogP contribution in [0.2, 0.25) is 5.02 Å². The summed E-state index contributed by atoms with van der Waals surface area (Å²) in [6.45, 7) is 4.99. The zero-order chi connectivity index (χ0) is 17.3. The number of hydrogen-bond donors (Lipinski definition) is 1. The van der Waals surface area contributed by atoms with Crippen LogP contribution in [0.4, 0.5) is 0 Å². The van der Waals surface area contributed by atoms with E-state index in [1.54, 1.807) is 17.4 Å². The van der Waals surface area contributed by atoms with Crippen molar-refractivity contribution in [2.24, 2.45) is 0 Å². The summed E-state index contributed by atoms with van der Waals surface area (Å²) in [4.78, 5) is 16.3. The average molecular weight is 366 g/mol. The highest BCUT2D eigenvalue weighted by Crippen LogP contribution is 2.39. The van der Waals surface area contributed by atoms with Crippen molar-refractivity contribution in [3.63, 3.8) is 0 Å². The zero-order valence-corrected chi connectivity index (χ0v) is 15.3. The molecule has 0 aliphatic carbocycles. The maximum Gasteiger partial charge on any atom is 0.254 e. The smallest absolute Gasteiger partial charge is 0.254 e. The van der Waals surface area contributed by atoms with Crippen LogP contribution in [0, 0.1) is 0 Å². The van der Waals surface area contributed by atoms with Gasteiger partial charge in [-0.25, -0.2) is 0 Å². The summed E-state index contributed by atoms with van der Waals surface area (Å²) in [5, 5.41) is 12.2. The number of ether oxygens (including phenoxy) is 1. The Bertz CT molecular complexity index is 759. The minimum atomic E-state index is -0.124. The first-order valence-electron chi connectivity index (χ1n) is 8.09. The third-order valence-electron chi connectivity index (χ3n) is 4.32. The highest BCUT2D eigenvalue weighted by Gasteiger charge is 2.31. The number of amides is 1. The Morgan fingerprint density at radius 1 is 1.46 bits per heavy atom. The Balaban J connectivity index is 1.94. The number of halogens is 1. The predicted octanol–water partition coefficient (Wildman–Crippen LogP) is 4.66. The van der Waals surface area contributed by atoms with Crippen molar-refractivity contribution in [3.05, 3.63) is 44.6 Å². The van der Waals surface area contributed by atoms with Crippen molar-refractivity contribution in [1.29, 1.82) is 0 Å². The maximum atomic E-state index is 13.1. The van der Waals surface area contributed by atoms with Gasteiger partial charge in [0.25, 0.3) is 5.91 Å². The molecule has 1 aromatic heterocycles. The number of carbonyl (C=O) groups excluding carboxylic acids is 1. The quantitative estimate of drug-likeness (QED) is 0.857. The normalized spacial score (nSPS) is 16.8. The molecule has 6 heteroatoms. The first-order chi connectivity index (χ1) is 11.6. The molecule has 1 aliphatic heterocycles. The van der Waals surface area contributed by atoms with Crippen molar-refractivity contribution in [3.8, 4) is 11.5 Å². The molecule has 128 valence electrons. The van der Waals surface area contributed by atoms with Crippen LogP contribution in [-0.2, 0) is 6.42 Å². The Morgan fingerprint density at radius 3 is 2.96 bits per heavy atom. The lowest BCUT2D eigenvalue weighted by molar-refractivity contribution is 0.0657. The third-order valence-corrected chi connectivity index (χ3v) is 5.60. The van der Waals surface area contributed by atoms with Crippen molar-refractivity contribution >= 4 is 28.8 Å². The fourth-order valence-electron chi connectivity index (χ4n) is 3.21. The SMILES string of the molecule is CCOc1cc(C(=O)N2CCc3sccc3C2CC)cc(Cl)c1O. The van der Waals surface area contributed by atoms with Crippen LogP contribution >= 0.6 is 22.9 Å². The highest BCUT2D eigenvalue weighted by molar-refractivity contribution is 7.10. The molecule has 0 radical (unpaired) electrons. The largest absolute Gasteiger partial charge is 0.503 e. The molecule has 1 aromatic carbocycles. The fourth-order valence-corrected chi connectivity index (χ4v) is 4.35. The van der Waals surface area contributed by atoms with Crippen LogP contribution in [0.25, 0.3) is 0 Å². The molecule has 2 heterocycles. The van der Waals surface area contributed by atoms with Crippen molar-refractivity contribution < 1.29 is 14.6 Å². The number of carbonyl (C=O) groups is 1. The molecule has 1 aliphatic rings. The van der Waals surface area contributed by atoms with E-state index < -0.39 is 0 Å². The van der Waals surface area contributed by atoms with Gasteiger partial charge in [-0.15, -0.1) is 11.3 Å². The summed E-state index contributed by atoms with van der Waals surface area (Å²) < 4.78 is 5.39. The Morgan fingerprint density at radius 2 is 2.25 bits per heavy atom. The Labute approximate surface area is 150 Å². The molecule has 0 fully saturated rings. The summed E-state index contributed by atoms with van der Waals surface area (Å²) in [7, 11) is 0. The van der Waals surface area contributed by atoms with Crippen LogP contribution in [0.1, 0.15) is 47.1 Å². The van der Waals surface area contributed by atoms with Crippen LogP contribution in [-0.4, -0.2) is 29.1 Å². The third kappa shape index (κ3) is 2.98. The molecular weight excluding hydrogens is 346 g/mol. The van der Waals surface area contributed by atoms with E-state index in [-0.39, 0.29) is 28.5 Å². The van der Waals surface area contributed by atoms with Crippen LogP contribution < -0.4 is 4.74 Å². The molecule has 3 rings (SSSR count). The number of fused-ring (bicyclic) bond motifs is 1. The van der Waals surface area contributed by atoms with E-state index in [4.69, 9.17) is 16.3 Å². The second-order valence-electron chi connectivity index (χ2n) is 5.71. The molecule has 1 unspecified atom stereocenters. The molecule has 1 amide bonds. The van der Waals surface area contributed by atoms with Gasteiger partial charge in [-0.05, 0) is 48.9 Å². The predicted molar refractivity (Wildman–Crippen MR) is 96.4 cm³/mol. The van der Waals surface area contributed by atoms with E-state index in [0.717, 1.165) is 12.8 Å². The molecule has 0 saturated heterocycles. The minimum Gasteiger partial charge on any atom is -0.503 e. The topological polar surface area (TPSA) is 49.8 Å². The highest BCUT2D eigenvalue weighted by atomic mass is 35.5. The molecule has 24 heavy (non-hydrogen) atoms. The van der Waals surface area contributed by atoms with E-state index in [2.05, 4.69) is 18.4 Å². The average Bonchev–Trinajstić information content (AvgIpc) is 3.06. The summed E-state index contributed by atoms with van der Waals surface area (Å²) >= 11 is 7.83. The first kappa shape index (κ1) is 17.1. The lowest BCUT2D eigenvalue weighted by atomic mass is 9.97. The van der Waals surface area contributed by atoms with Gasteiger partial charge >= 0.3 is 0 Å². The summed E-state index contributed by atoms with van der Waals surface area (Å²) in [5.74, 6) is 0.0389. The van der Waals surface area contributed by atoms with E-state index in [0.29, 0.717) is 18.7 Å². The van der Waals surface area contributed by atoms with E-state index in [1.807, 2.05) is 11.8 Å². The second-order valence-corrected chi connectivity index (χ2v) is 7.12. The summed E-state index contributed by atoms with van der Waals surface area (Å²) in [6.07, 6.45) is 1.74. The van der Waals surface area contributed by atoms with Gasteiger partial charge in [0.05, 0.1) is 17.7 Å². The summed E-state index contributed by atoms with van der Waals surface area (Å²) in [5.41, 5.74) is 1.69. The van der Waals surface area contributed by atoms with Gasteiger partial charge in [0.2, 0.25) is 0 Å². The molecule has 0 saturated carbocycles. The van der Waals surface area contributed by atoms with Gasteiger partial charge in [-0.1, -0.05) is 18.5 Å². The molecule has 1 atom stereocenters. The van der Waals surface area contributed by atoms with Gasteiger partial charge in [0.15, 0.2) is 11.5 Å². The minimum absolute atomic E-state index is 0.0793. The number of nitrogens with zero attached hydrogens (tertiary/aromatic N) is 1. The lowest BCUT2D eigenvalue weighted by Gasteiger charge is -2.35. The Hall–Kier alpha value is -1.72. The Kier molecular flexibility index (Phi) is 5.01. The van der Waals surface area contributed by atoms with Gasteiger partial charge in [-0.2, -0.15) is 0 Å². The maximum absolute atomic E-state index is 13.1. The van der Waals surface area contributed by atoms with Crippen molar-refractivity contribution in [2.45, 2.75) is 32.7 Å². The number of rotatable bonds is 4. The van der Waals surface area contributed by atoms with Gasteiger partial charge in [0, 0.05) is 17.0 Å². The number of hydrogen-bond acceptors (Lipinski definition) is 4. The first-order valence-corrected chi connectivity index (χ1v) is 9.35. The van der Waals surface area contributed by atoms with E-state index >= 15 is 0 Å². The standard InChI is InChI=1S/C18H20ClNO3S/c1-3-14-12-6-8-24-16(12)5-7-20(14)18(22)11-9-13(19)17(21)15(10-11)23-4-2/h6,8-10,14,21H,3-5,7H2,1-2H3. The monoisotopic (exact) mass is 365 g/mol. The number of phenolic OH excluding ortho intramolecular Hbond substituents is 1. The molecule has 0 bridgehead atoms. The zero-order valence-electron chi connectivity index (χ0n) is 13.7. The molecule has 1 N–H and O–H groups in total. The van der Waals surface area contributed by atoms with Crippen molar-refractivity contribution in [1.82, 2.24) is 4.90 Å². The van der Waals surface area contributed by atoms with Crippen LogP contribution in [0.5, 0.6) is 11.5 Å². The van der Waals surface area contributed by atoms with Gasteiger partial charge in [0.1, 0.15) is 0 Å². The fraction of sp³-hybridized carbons (Fsp3) is 0.389.